The van der Waals surface area contributed by atoms with E-state index in [0.717, 1.165) is 12.2 Å². The van der Waals surface area contributed by atoms with Gasteiger partial charge in [-0.25, -0.2) is 0 Å². The van der Waals surface area contributed by atoms with E-state index in [-0.39, 0.29) is 10.9 Å². The lowest BCUT2D eigenvalue weighted by Gasteiger charge is -2.43. The minimum atomic E-state index is -0.605. The number of piperazine rings is 1. The standard InChI is InChI=1S/C13H16ClN3OS/c1-13(2)12(18)16-5-6-17(13)8-3-4-9(11(15)19)10(14)7-8/h3-4,7H,5-6H2,1-2H3,(H2,15,19)(H,16,18). The molecule has 0 unspecified atom stereocenters. The van der Waals surface area contributed by atoms with Crippen LogP contribution in [-0.2, 0) is 4.79 Å². The van der Waals surface area contributed by atoms with Gasteiger partial charge in [0.15, 0.2) is 0 Å². The fourth-order valence-corrected chi connectivity index (χ4v) is 2.73. The van der Waals surface area contributed by atoms with E-state index in [0.29, 0.717) is 17.1 Å². The second kappa shape index (κ2) is 4.98. The Morgan fingerprint density at radius 2 is 2.21 bits per heavy atom. The van der Waals surface area contributed by atoms with Crippen LogP contribution in [0.25, 0.3) is 0 Å². The van der Waals surface area contributed by atoms with E-state index >= 15 is 0 Å². The number of anilines is 1. The number of rotatable bonds is 2. The maximum Gasteiger partial charge on any atom is 0.245 e. The fourth-order valence-electron chi connectivity index (χ4n) is 2.22. The molecule has 4 nitrogen and oxygen atoms in total. The van der Waals surface area contributed by atoms with Crippen LogP contribution in [0.3, 0.4) is 0 Å². The fraction of sp³-hybridized carbons (Fsp3) is 0.385. The maximum absolute atomic E-state index is 11.9. The number of carbonyl (C=O) groups is 1. The van der Waals surface area contributed by atoms with Gasteiger partial charge in [0.25, 0.3) is 0 Å². The summed E-state index contributed by atoms with van der Waals surface area (Å²) in [5.41, 5.74) is 6.53. The van der Waals surface area contributed by atoms with Gasteiger partial charge < -0.3 is 16.0 Å². The van der Waals surface area contributed by atoms with Crippen molar-refractivity contribution < 1.29 is 4.79 Å². The molecule has 1 amide bonds. The normalized spacial score (nSPS) is 18.1. The Balaban J connectivity index is 2.39. The van der Waals surface area contributed by atoms with Crippen LogP contribution < -0.4 is 16.0 Å². The van der Waals surface area contributed by atoms with Gasteiger partial charge in [0.2, 0.25) is 5.91 Å². The molecule has 0 radical (unpaired) electrons. The van der Waals surface area contributed by atoms with Gasteiger partial charge in [-0.2, -0.15) is 0 Å². The molecule has 0 aliphatic carbocycles. The lowest BCUT2D eigenvalue weighted by molar-refractivity contribution is -0.126. The molecule has 0 saturated carbocycles. The van der Waals surface area contributed by atoms with Crippen LogP contribution >= 0.6 is 23.8 Å². The Bertz CT molecular complexity index is 545. The van der Waals surface area contributed by atoms with E-state index in [1.165, 1.54) is 0 Å². The highest BCUT2D eigenvalue weighted by Gasteiger charge is 2.37. The molecule has 0 atom stereocenters. The first kappa shape index (κ1) is 14.1. The van der Waals surface area contributed by atoms with Crippen LogP contribution in [-0.4, -0.2) is 29.5 Å². The summed E-state index contributed by atoms with van der Waals surface area (Å²) >= 11 is 11.1. The lowest BCUT2D eigenvalue weighted by Crippen LogP contribution is -2.62. The number of thiocarbonyl (C=S) groups is 1. The molecule has 3 N–H and O–H groups in total. The molecule has 1 fully saturated rings. The Hall–Kier alpha value is -1.33. The third kappa shape index (κ3) is 2.53. The van der Waals surface area contributed by atoms with E-state index in [9.17, 15) is 4.79 Å². The van der Waals surface area contributed by atoms with E-state index in [1.54, 1.807) is 12.1 Å². The molecule has 6 heteroatoms. The molecular weight excluding hydrogens is 282 g/mol. The topological polar surface area (TPSA) is 58.4 Å². The van der Waals surface area contributed by atoms with E-state index in [4.69, 9.17) is 29.6 Å². The molecule has 1 aliphatic rings. The largest absolute Gasteiger partial charge is 0.389 e. The smallest absolute Gasteiger partial charge is 0.245 e. The second-order valence-electron chi connectivity index (χ2n) is 4.99. The molecule has 0 spiro atoms. The number of hydrogen-bond donors (Lipinski definition) is 2. The second-order valence-corrected chi connectivity index (χ2v) is 5.84. The first-order valence-corrected chi connectivity index (χ1v) is 6.78. The van der Waals surface area contributed by atoms with Gasteiger partial charge in [0.05, 0.1) is 5.02 Å². The Labute approximate surface area is 122 Å². The molecule has 102 valence electrons. The van der Waals surface area contributed by atoms with E-state index < -0.39 is 5.54 Å². The Morgan fingerprint density at radius 3 is 2.79 bits per heavy atom. The van der Waals surface area contributed by atoms with Gasteiger partial charge in [0, 0.05) is 24.3 Å². The number of nitrogens with one attached hydrogen (secondary N) is 1. The summed E-state index contributed by atoms with van der Waals surface area (Å²) in [5, 5.41) is 3.37. The van der Waals surface area contributed by atoms with Crippen LogP contribution in [0, 0.1) is 0 Å². The molecule has 19 heavy (non-hydrogen) atoms. The molecule has 2 rings (SSSR count). The highest BCUT2D eigenvalue weighted by Crippen LogP contribution is 2.29. The summed E-state index contributed by atoms with van der Waals surface area (Å²) < 4.78 is 0. The van der Waals surface area contributed by atoms with E-state index in [1.807, 2.05) is 24.8 Å². The maximum atomic E-state index is 11.9. The summed E-state index contributed by atoms with van der Waals surface area (Å²) in [6.45, 7) is 5.13. The predicted octanol–water partition coefficient (Wildman–Crippen LogP) is 1.69. The Morgan fingerprint density at radius 1 is 1.53 bits per heavy atom. The van der Waals surface area contributed by atoms with Gasteiger partial charge in [-0.05, 0) is 32.0 Å². The minimum Gasteiger partial charge on any atom is -0.389 e. The first-order chi connectivity index (χ1) is 8.84. The molecule has 1 aliphatic heterocycles. The van der Waals surface area contributed by atoms with Crippen molar-refractivity contribution in [2.45, 2.75) is 19.4 Å². The van der Waals surface area contributed by atoms with Crippen molar-refractivity contribution in [2.24, 2.45) is 5.73 Å². The average molecular weight is 298 g/mol. The van der Waals surface area contributed by atoms with Gasteiger partial charge in [0.1, 0.15) is 10.5 Å². The SMILES string of the molecule is CC1(C)C(=O)NCCN1c1ccc(C(N)=S)c(Cl)c1. The van der Waals surface area contributed by atoms with Crippen molar-refractivity contribution >= 4 is 40.4 Å². The number of hydrogen-bond acceptors (Lipinski definition) is 3. The monoisotopic (exact) mass is 297 g/mol. The molecule has 1 aromatic rings. The molecule has 1 aromatic carbocycles. The van der Waals surface area contributed by atoms with Crippen LogP contribution in [0.1, 0.15) is 19.4 Å². The highest BCUT2D eigenvalue weighted by atomic mass is 35.5. The summed E-state index contributed by atoms with van der Waals surface area (Å²) in [6, 6.07) is 5.49. The zero-order chi connectivity index (χ0) is 14.2. The number of benzene rings is 1. The average Bonchev–Trinajstić information content (AvgIpc) is 2.32. The van der Waals surface area contributed by atoms with Gasteiger partial charge in [-0.1, -0.05) is 23.8 Å². The molecule has 1 saturated heterocycles. The zero-order valence-corrected chi connectivity index (χ0v) is 12.4. The van der Waals surface area contributed by atoms with Gasteiger partial charge in [-0.3, -0.25) is 4.79 Å². The van der Waals surface area contributed by atoms with Crippen LogP contribution in [0.15, 0.2) is 18.2 Å². The van der Waals surface area contributed by atoms with Crippen molar-refractivity contribution in [3.63, 3.8) is 0 Å². The third-order valence-corrected chi connectivity index (χ3v) is 3.91. The summed E-state index contributed by atoms with van der Waals surface area (Å²) in [7, 11) is 0. The number of nitrogens with zero attached hydrogens (tertiary/aromatic N) is 1. The number of amides is 1. The van der Waals surface area contributed by atoms with Gasteiger partial charge in [-0.15, -0.1) is 0 Å². The van der Waals surface area contributed by atoms with Crippen molar-refractivity contribution in [3.8, 4) is 0 Å². The first-order valence-electron chi connectivity index (χ1n) is 5.99. The molecule has 0 aromatic heterocycles. The minimum absolute atomic E-state index is 0.00768. The summed E-state index contributed by atoms with van der Waals surface area (Å²) in [5.74, 6) is 0.00768. The molecule has 1 heterocycles. The van der Waals surface area contributed by atoms with Crippen molar-refractivity contribution in [2.75, 3.05) is 18.0 Å². The quantitative estimate of drug-likeness (QED) is 0.816. The van der Waals surface area contributed by atoms with Crippen molar-refractivity contribution in [1.82, 2.24) is 5.32 Å². The van der Waals surface area contributed by atoms with Gasteiger partial charge >= 0.3 is 0 Å². The van der Waals surface area contributed by atoms with Crippen LogP contribution in [0.4, 0.5) is 5.69 Å². The molecule has 0 bridgehead atoms. The molecular formula is C13H16ClN3OS. The van der Waals surface area contributed by atoms with Crippen LogP contribution in [0.2, 0.25) is 5.02 Å². The third-order valence-electron chi connectivity index (χ3n) is 3.38. The van der Waals surface area contributed by atoms with E-state index in [2.05, 4.69) is 5.32 Å². The summed E-state index contributed by atoms with van der Waals surface area (Å²) in [4.78, 5) is 14.2. The summed E-state index contributed by atoms with van der Waals surface area (Å²) in [6.07, 6.45) is 0. The Kier molecular flexibility index (Phi) is 3.69. The van der Waals surface area contributed by atoms with Crippen molar-refractivity contribution in [1.29, 1.82) is 0 Å². The van der Waals surface area contributed by atoms with Crippen molar-refractivity contribution in [3.05, 3.63) is 28.8 Å². The predicted molar refractivity (Wildman–Crippen MR) is 81.8 cm³/mol. The number of nitrogens with two attached hydrogens (primary N) is 1. The lowest BCUT2D eigenvalue weighted by atomic mass is 9.97. The van der Waals surface area contributed by atoms with Crippen LogP contribution in [0.5, 0.6) is 0 Å². The zero-order valence-electron chi connectivity index (χ0n) is 10.9. The highest BCUT2D eigenvalue weighted by molar-refractivity contribution is 7.80. The number of carbonyl (C=O) groups excluding carboxylic acids is 1. The number of halogens is 1.